The first-order chi connectivity index (χ1) is 12.5. The third kappa shape index (κ3) is 6.34. The third-order valence-corrected chi connectivity index (χ3v) is 4.90. The maximum atomic E-state index is 10.9. The summed E-state index contributed by atoms with van der Waals surface area (Å²) in [4.78, 5) is 10.9. The molecule has 0 spiro atoms. The standard InChI is InChI=1S/C19H29ClN2O4/c1-13-5-3-4-6-16(13)25-8-7-22-11-14-9-15(20)19(17(10-14)24-2)26-12-18(21)23/h9-10,13,16,22H,3-8,11-12H2,1-2H3,(H2,21,23). The average Bonchev–Trinajstić information content (AvgIpc) is 2.61. The van der Waals surface area contributed by atoms with Gasteiger partial charge in [-0.25, -0.2) is 0 Å². The third-order valence-electron chi connectivity index (χ3n) is 4.62. The zero-order valence-electron chi connectivity index (χ0n) is 15.6. The van der Waals surface area contributed by atoms with Crippen LogP contribution in [0.2, 0.25) is 5.02 Å². The van der Waals surface area contributed by atoms with Crippen LogP contribution in [0.4, 0.5) is 0 Å². The van der Waals surface area contributed by atoms with Crippen LogP contribution in [0.1, 0.15) is 38.2 Å². The first-order valence-corrected chi connectivity index (χ1v) is 9.49. The minimum absolute atomic E-state index is 0.245. The van der Waals surface area contributed by atoms with Crippen LogP contribution in [0.15, 0.2) is 12.1 Å². The van der Waals surface area contributed by atoms with Crippen molar-refractivity contribution in [3.05, 3.63) is 22.7 Å². The van der Waals surface area contributed by atoms with Gasteiger partial charge in [-0.1, -0.05) is 31.4 Å². The van der Waals surface area contributed by atoms with E-state index in [-0.39, 0.29) is 6.61 Å². The molecule has 1 saturated carbocycles. The summed E-state index contributed by atoms with van der Waals surface area (Å²) < 4.78 is 16.6. The highest BCUT2D eigenvalue weighted by Crippen LogP contribution is 2.36. The van der Waals surface area contributed by atoms with Crippen molar-refractivity contribution in [2.24, 2.45) is 11.7 Å². The van der Waals surface area contributed by atoms with Gasteiger partial charge >= 0.3 is 0 Å². The quantitative estimate of drug-likeness (QED) is 0.606. The molecule has 26 heavy (non-hydrogen) atoms. The molecule has 1 aliphatic rings. The van der Waals surface area contributed by atoms with E-state index in [9.17, 15) is 4.79 Å². The van der Waals surface area contributed by atoms with Crippen molar-refractivity contribution in [1.29, 1.82) is 0 Å². The summed E-state index contributed by atoms with van der Waals surface area (Å²) >= 11 is 6.24. The van der Waals surface area contributed by atoms with Crippen molar-refractivity contribution in [2.75, 3.05) is 26.9 Å². The Morgan fingerprint density at radius 3 is 2.81 bits per heavy atom. The maximum absolute atomic E-state index is 10.9. The van der Waals surface area contributed by atoms with Crippen molar-refractivity contribution < 1.29 is 19.0 Å². The molecule has 146 valence electrons. The smallest absolute Gasteiger partial charge is 0.255 e. The van der Waals surface area contributed by atoms with Gasteiger partial charge in [-0.15, -0.1) is 0 Å². The summed E-state index contributed by atoms with van der Waals surface area (Å²) in [5, 5.41) is 3.73. The number of hydrogen-bond acceptors (Lipinski definition) is 5. The van der Waals surface area contributed by atoms with Gasteiger partial charge in [-0.2, -0.15) is 0 Å². The molecule has 1 amide bonds. The molecular formula is C19H29ClN2O4. The second-order valence-corrected chi connectivity index (χ2v) is 7.12. The molecule has 1 aliphatic carbocycles. The van der Waals surface area contributed by atoms with Crippen LogP contribution >= 0.6 is 11.6 Å². The predicted molar refractivity (Wildman–Crippen MR) is 102 cm³/mol. The zero-order chi connectivity index (χ0) is 18.9. The Morgan fingerprint density at radius 2 is 2.12 bits per heavy atom. The number of nitrogens with two attached hydrogens (primary N) is 1. The number of halogens is 1. The number of carbonyl (C=O) groups excluding carboxylic acids is 1. The van der Waals surface area contributed by atoms with Gasteiger partial charge in [0.25, 0.3) is 5.91 Å². The van der Waals surface area contributed by atoms with Gasteiger partial charge in [-0.3, -0.25) is 4.79 Å². The number of methoxy groups -OCH3 is 1. The Morgan fingerprint density at radius 1 is 1.35 bits per heavy atom. The number of rotatable bonds is 10. The molecular weight excluding hydrogens is 356 g/mol. The number of amides is 1. The van der Waals surface area contributed by atoms with Crippen molar-refractivity contribution in [3.8, 4) is 11.5 Å². The van der Waals surface area contributed by atoms with Gasteiger partial charge in [0.05, 0.1) is 24.8 Å². The molecule has 0 radical (unpaired) electrons. The summed E-state index contributed by atoms with van der Waals surface area (Å²) in [7, 11) is 1.53. The molecule has 1 fully saturated rings. The van der Waals surface area contributed by atoms with E-state index in [1.54, 1.807) is 6.07 Å². The van der Waals surface area contributed by atoms with E-state index in [0.29, 0.717) is 41.7 Å². The largest absolute Gasteiger partial charge is 0.493 e. The van der Waals surface area contributed by atoms with E-state index in [1.165, 1.54) is 32.8 Å². The monoisotopic (exact) mass is 384 g/mol. The lowest BCUT2D eigenvalue weighted by atomic mass is 9.88. The van der Waals surface area contributed by atoms with E-state index in [0.717, 1.165) is 12.1 Å². The Kier molecular flexibility index (Phi) is 8.48. The summed E-state index contributed by atoms with van der Waals surface area (Å²) in [5.41, 5.74) is 6.06. The topological polar surface area (TPSA) is 82.8 Å². The molecule has 3 N–H and O–H groups in total. The van der Waals surface area contributed by atoms with E-state index >= 15 is 0 Å². The number of primary amides is 1. The van der Waals surface area contributed by atoms with Gasteiger partial charge in [0.2, 0.25) is 0 Å². The summed E-state index contributed by atoms with van der Waals surface area (Å²) in [6, 6.07) is 3.62. The van der Waals surface area contributed by atoms with E-state index in [2.05, 4.69) is 12.2 Å². The highest BCUT2D eigenvalue weighted by Gasteiger charge is 2.21. The van der Waals surface area contributed by atoms with Gasteiger partial charge in [-0.05, 0) is 36.5 Å². The maximum Gasteiger partial charge on any atom is 0.255 e. The molecule has 2 atom stereocenters. The molecule has 0 aromatic heterocycles. The van der Waals surface area contributed by atoms with Crippen LogP contribution in [0.5, 0.6) is 11.5 Å². The fraction of sp³-hybridized carbons (Fsp3) is 0.632. The van der Waals surface area contributed by atoms with E-state index in [4.69, 9.17) is 31.5 Å². The Balaban J connectivity index is 1.79. The van der Waals surface area contributed by atoms with E-state index < -0.39 is 5.91 Å². The summed E-state index contributed by atoms with van der Waals surface area (Å²) in [6.07, 6.45) is 5.41. The Bertz CT molecular complexity index is 597. The summed E-state index contributed by atoms with van der Waals surface area (Å²) in [6.45, 7) is 4.12. The first-order valence-electron chi connectivity index (χ1n) is 9.11. The van der Waals surface area contributed by atoms with Gasteiger partial charge in [0.1, 0.15) is 0 Å². The van der Waals surface area contributed by atoms with Crippen molar-refractivity contribution >= 4 is 17.5 Å². The normalized spacial score (nSPS) is 20.0. The second-order valence-electron chi connectivity index (χ2n) is 6.71. The molecule has 0 heterocycles. The lowest BCUT2D eigenvalue weighted by molar-refractivity contribution is -0.119. The molecule has 6 nitrogen and oxygen atoms in total. The van der Waals surface area contributed by atoms with Crippen LogP contribution in [0.3, 0.4) is 0 Å². The first kappa shape index (κ1) is 20.8. The van der Waals surface area contributed by atoms with Crippen LogP contribution in [0.25, 0.3) is 0 Å². The molecule has 2 rings (SSSR count). The van der Waals surface area contributed by atoms with Crippen LogP contribution in [-0.2, 0) is 16.1 Å². The molecule has 1 aromatic rings. The second kappa shape index (κ2) is 10.6. The zero-order valence-corrected chi connectivity index (χ0v) is 16.3. The van der Waals surface area contributed by atoms with Crippen molar-refractivity contribution in [2.45, 2.75) is 45.3 Å². The molecule has 7 heteroatoms. The van der Waals surface area contributed by atoms with Crippen molar-refractivity contribution in [3.63, 3.8) is 0 Å². The summed E-state index contributed by atoms with van der Waals surface area (Å²) in [5.74, 6) is 0.884. The Labute approximate surface area is 160 Å². The fourth-order valence-corrected chi connectivity index (χ4v) is 3.49. The fourth-order valence-electron chi connectivity index (χ4n) is 3.20. The lowest BCUT2D eigenvalue weighted by Crippen LogP contribution is -2.29. The number of ether oxygens (including phenoxy) is 3. The molecule has 1 aromatic carbocycles. The van der Waals surface area contributed by atoms with Crippen molar-refractivity contribution in [1.82, 2.24) is 5.32 Å². The van der Waals surface area contributed by atoms with Crippen LogP contribution < -0.4 is 20.5 Å². The van der Waals surface area contributed by atoms with Crippen LogP contribution in [0, 0.1) is 5.92 Å². The van der Waals surface area contributed by atoms with E-state index in [1.807, 2.05) is 6.07 Å². The highest BCUT2D eigenvalue weighted by atomic mass is 35.5. The van der Waals surface area contributed by atoms with Gasteiger partial charge < -0.3 is 25.3 Å². The number of carbonyl (C=O) groups is 1. The molecule has 2 unspecified atom stereocenters. The SMILES string of the molecule is COc1cc(CNCCOC2CCCCC2C)cc(Cl)c1OCC(N)=O. The number of nitrogens with one attached hydrogen (secondary N) is 1. The highest BCUT2D eigenvalue weighted by molar-refractivity contribution is 6.32. The Hall–Kier alpha value is -1.50. The molecule has 0 aliphatic heterocycles. The van der Waals surface area contributed by atoms with Gasteiger partial charge in [0.15, 0.2) is 18.1 Å². The molecule has 0 bridgehead atoms. The predicted octanol–water partition coefficient (Wildman–Crippen LogP) is 2.90. The average molecular weight is 385 g/mol. The minimum atomic E-state index is -0.568. The minimum Gasteiger partial charge on any atom is -0.493 e. The number of benzene rings is 1. The lowest BCUT2D eigenvalue weighted by Gasteiger charge is -2.28. The van der Waals surface area contributed by atoms with Crippen LogP contribution in [-0.4, -0.2) is 38.9 Å². The van der Waals surface area contributed by atoms with Gasteiger partial charge in [0, 0.05) is 13.1 Å². The number of hydrogen-bond donors (Lipinski definition) is 2. The molecule has 0 saturated heterocycles.